The molecule has 0 spiro atoms. The number of nitrogens with zero attached hydrogens (tertiary/aromatic N) is 2. The van der Waals surface area contributed by atoms with Crippen LogP contribution in [0.2, 0.25) is 0 Å². The van der Waals surface area contributed by atoms with E-state index in [0.717, 1.165) is 25.7 Å². The van der Waals surface area contributed by atoms with Gasteiger partial charge in [0.25, 0.3) is 0 Å². The molecular weight excluding hydrogens is 246 g/mol. The molecule has 0 radical (unpaired) electrons. The highest BCUT2D eigenvalue weighted by Gasteiger charge is 2.30. The Bertz CT molecular complexity index is 382. The van der Waals surface area contributed by atoms with Gasteiger partial charge in [-0.05, 0) is 49.8 Å². The summed E-state index contributed by atoms with van der Waals surface area (Å²) in [4.78, 5) is 6.65. The Kier molecular flexibility index (Phi) is 5.55. The third-order valence-electron chi connectivity index (χ3n) is 4.62. The van der Waals surface area contributed by atoms with Crippen molar-refractivity contribution in [2.45, 2.75) is 52.1 Å². The van der Waals surface area contributed by atoms with Crippen LogP contribution in [0.3, 0.4) is 0 Å². The number of pyridine rings is 1. The summed E-state index contributed by atoms with van der Waals surface area (Å²) < 4.78 is 0. The Morgan fingerprint density at radius 2 is 2.10 bits per heavy atom. The van der Waals surface area contributed by atoms with Crippen molar-refractivity contribution in [2.24, 2.45) is 5.41 Å². The van der Waals surface area contributed by atoms with Crippen LogP contribution in [-0.2, 0) is 6.54 Å². The van der Waals surface area contributed by atoms with E-state index in [1.807, 2.05) is 18.5 Å². The van der Waals surface area contributed by atoms with Crippen LogP contribution in [0.15, 0.2) is 24.5 Å². The van der Waals surface area contributed by atoms with Crippen LogP contribution in [0.1, 0.15) is 45.1 Å². The molecule has 1 aliphatic rings. The van der Waals surface area contributed by atoms with E-state index in [9.17, 15) is 0 Å². The molecule has 20 heavy (non-hydrogen) atoms. The van der Waals surface area contributed by atoms with Crippen molar-refractivity contribution in [2.75, 3.05) is 20.1 Å². The Morgan fingerprint density at radius 1 is 1.35 bits per heavy atom. The first kappa shape index (κ1) is 15.5. The minimum atomic E-state index is 0.402. The minimum Gasteiger partial charge on any atom is -0.313 e. The van der Waals surface area contributed by atoms with Crippen molar-refractivity contribution >= 4 is 0 Å². The van der Waals surface area contributed by atoms with Crippen LogP contribution in [0.5, 0.6) is 0 Å². The van der Waals surface area contributed by atoms with E-state index < -0.39 is 0 Å². The number of hydrogen-bond donors (Lipinski definition) is 1. The average molecular weight is 275 g/mol. The first-order chi connectivity index (χ1) is 9.67. The second-order valence-electron chi connectivity index (χ2n) is 6.40. The molecule has 1 heterocycles. The van der Waals surface area contributed by atoms with Crippen molar-refractivity contribution < 1.29 is 0 Å². The zero-order valence-electron chi connectivity index (χ0n) is 13.2. The summed E-state index contributed by atoms with van der Waals surface area (Å²) in [6.45, 7) is 7.95. The zero-order valence-corrected chi connectivity index (χ0v) is 13.2. The van der Waals surface area contributed by atoms with Crippen LogP contribution in [0.25, 0.3) is 0 Å². The van der Waals surface area contributed by atoms with Gasteiger partial charge in [-0.1, -0.05) is 19.9 Å². The van der Waals surface area contributed by atoms with Crippen LogP contribution < -0.4 is 5.32 Å². The van der Waals surface area contributed by atoms with E-state index in [1.165, 1.54) is 31.2 Å². The lowest BCUT2D eigenvalue weighted by molar-refractivity contribution is 0.150. The first-order valence-corrected chi connectivity index (χ1v) is 7.98. The quantitative estimate of drug-likeness (QED) is 0.751. The standard InChI is InChI=1S/C17H29N3/c1-4-17(5-2,13-19-16-8-9-16)14-20(3)12-15-7-6-10-18-11-15/h6-7,10-11,16,19H,4-5,8-9,12-14H2,1-3H3. The molecule has 1 aromatic rings. The Balaban J connectivity index is 1.88. The second-order valence-corrected chi connectivity index (χ2v) is 6.40. The Labute approximate surface area is 123 Å². The van der Waals surface area contributed by atoms with E-state index in [1.54, 1.807) is 0 Å². The third-order valence-corrected chi connectivity index (χ3v) is 4.62. The molecule has 0 atom stereocenters. The van der Waals surface area contributed by atoms with Crippen molar-refractivity contribution in [3.8, 4) is 0 Å². The van der Waals surface area contributed by atoms with Crippen molar-refractivity contribution in [3.05, 3.63) is 30.1 Å². The lowest BCUT2D eigenvalue weighted by Crippen LogP contribution is -2.42. The van der Waals surface area contributed by atoms with E-state index in [0.29, 0.717) is 5.41 Å². The van der Waals surface area contributed by atoms with E-state index >= 15 is 0 Å². The van der Waals surface area contributed by atoms with Gasteiger partial charge < -0.3 is 10.2 Å². The van der Waals surface area contributed by atoms with Gasteiger partial charge in [-0.15, -0.1) is 0 Å². The van der Waals surface area contributed by atoms with Crippen LogP contribution in [0.4, 0.5) is 0 Å². The molecule has 1 aromatic heterocycles. The van der Waals surface area contributed by atoms with Crippen molar-refractivity contribution in [1.29, 1.82) is 0 Å². The van der Waals surface area contributed by atoms with Gasteiger partial charge in [-0.2, -0.15) is 0 Å². The van der Waals surface area contributed by atoms with Crippen LogP contribution >= 0.6 is 0 Å². The van der Waals surface area contributed by atoms with Gasteiger partial charge in [0.2, 0.25) is 0 Å². The fourth-order valence-electron chi connectivity index (χ4n) is 2.86. The lowest BCUT2D eigenvalue weighted by atomic mass is 9.81. The minimum absolute atomic E-state index is 0.402. The smallest absolute Gasteiger partial charge is 0.0312 e. The molecule has 2 rings (SSSR count). The highest BCUT2D eigenvalue weighted by atomic mass is 15.1. The van der Waals surface area contributed by atoms with Gasteiger partial charge in [-0.3, -0.25) is 4.98 Å². The largest absolute Gasteiger partial charge is 0.313 e. The normalized spacial score (nSPS) is 15.8. The summed E-state index contributed by atoms with van der Waals surface area (Å²) in [6.07, 6.45) is 9.02. The van der Waals surface area contributed by atoms with E-state index in [2.05, 4.69) is 42.2 Å². The zero-order chi connectivity index (χ0) is 14.4. The number of nitrogens with one attached hydrogen (secondary N) is 1. The maximum Gasteiger partial charge on any atom is 0.0312 e. The molecule has 3 nitrogen and oxygen atoms in total. The fourth-order valence-corrected chi connectivity index (χ4v) is 2.86. The van der Waals surface area contributed by atoms with Gasteiger partial charge in [0.05, 0.1) is 0 Å². The van der Waals surface area contributed by atoms with Crippen molar-refractivity contribution in [3.63, 3.8) is 0 Å². The van der Waals surface area contributed by atoms with E-state index in [-0.39, 0.29) is 0 Å². The number of aromatic nitrogens is 1. The number of hydrogen-bond acceptors (Lipinski definition) is 3. The summed E-state index contributed by atoms with van der Waals surface area (Å²) in [5, 5.41) is 3.73. The predicted octanol–water partition coefficient (Wildman–Crippen LogP) is 3.07. The molecule has 1 N–H and O–H groups in total. The van der Waals surface area contributed by atoms with Gasteiger partial charge in [0.15, 0.2) is 0 Å². The summed E-state index contributed by atoms with van der Waals surface area (Å²) >= 11 is 0. The SMILES string of the molecule is CCC(CC)(CNC1CC1)CN(C)Cc1cccnc1. The van der Waals surface area contributed by atoms with Crippen LogP contribution in [0, 0.1) is 5.41 Å². The molecule has 0 unspecified atom stereocenters. The molecule has 3 heteroatoms. The molecule has 0 aromatic carbocycles. The summed E-state index contributed by atoms with van der Waals surface area (Å²) in [7, 11) is 2.23. The van der Waals surface area contributed by atoms with Crippen LogP contribution in [-0.4, -0.2) is 36.1 Å². The highest BCUT2D eigenvalue weighted by Crippen LogP contribution is 2.29. The Morgan fingerprint density at radius 3 is 2.65 bits per heavy atom. The molecule has 0 aliphatic heterocycles. The summed E-state index contributed by atoms with van der Waals surface area (Å²) in [6, 6.07) is 4.98. The monoisotopic (exact) mass is 275 g/mol. The van der Waals surface area contributed by atoms with Gasteiger partial charge in [0, 0.05) is 38.1 Å². The molecule has 1 aliphatic carbocycles. The topological polar surface area (TPSA) is 28.2 Å². The van der Waals surface area contributed by atoms with Crippen molar-refractivity contribution in [1.82, 2.24) is 15.2 Å². The molecule has 1 fully saturated rings. The third kappa shape index (κ3) is 4.57. The van der Waals surface area contributed by atoms with E-state index in [4.69, 9.17) is 0 Å². The predicted molar refractivity (Wildman–Crippen MR) is 84.6 cm³/mol. The van der Waals surface area contributed by atoms with Gasteiger partial charge in [0.1, 0.15) is 0 Å². The number of rotatable bonds is 9. The maximum atomic E-state index is 4.20. The second kappa shape index (κ2) is 7.19. The Hall–Kier alpha value is -0.930. The summed E-state index contributed by atoms with van der Waals surface area (Å²) in [5.41, 5.74) is 1.70. The summed E-state index contributed by atoms with van der Waals surface area (Å²) in [5.74, 6) is 0. The average Bonchev–Trinajstić information content (AvgIpc) is 3.29. The maximum absolute atomic E-state index is 4.20. The molecule has 0 bridgehead atoms. The lowest BCUT2D eigenvalue weighted by Gasteiger charge is -2.36. The molecule has 0 saturated heterocycles. The highest BCUT2D eigenvalue weighted by molar-refractivity contribution is 5.08. The van der Waals surface area contributed by atoms with Gasteiger partial charge in [-0.25, -0.2) is 0 Å². The molecule has 1 saturated carbocycles. The molecule has 112 valence electrons. The molecular formula is C17H29N3. The van der Waals surface area contributed by atoms with Gasteiger partial charge >= 0.3 is 0 Å². The molecule has 0 amide bonds. The first-order valence-electron chi connectivity index (χ1n) is 7.98. The fraction of sp³-hybridized carbons (Fsp3) is 0.706.